The lowest BCUT2D eigenvalue weighted by atomic mass is 10.1. The summed E-state index contributed by atoms with van der Waals surface area (Å²) in [5.41, 5.74) is 2.91. The molecule has 0 aliphatic carbocycles. The van der Waals surface area contributed by atoms with E-state index in [0.717, 1.165) is 22.2 Å². The summed E-state index contributed by atoms with van der Waals surface area (Å²) >= 11 is 0. The molecule has 0 radical (unpaired) electrons. The fourth-order valence-electron chi connectivity index (χ4n) is 2.65. The fourth-order valence-corrected chi connectivity index (χ4v) is 2.65. The molecule has 1 atom stereocenters. The van der Waals surface area contributed by atoms with Crippen LogP contribution in [0.15, 0.2) is 54.5 Å². The Kier molecular flexibility index (Phi) is 4.22. The molecule has 4 rings (SSSR count). The molecule has 1 aromatic carbocycles. The number of halogens is 2. The van der Waals surface area contributed by atoms with E-state index in [1.807, 2.05) is 18.3 Å². The number of carbonyl (C=O) groups is 1. The second kappa shape index (κ2) is 6.33. The Hall–Kier alpha value is -2.86. The Morgan fingerprint density at radius 3 is 2.71 bits per heavy atom. The average Bonchev–Trinajstić information content (AvgIpc) is 3.13. The first-order chi connectivity index (χ1) is 11.2. The third-order valence-electron chi connectivity index (χ3n) is 3.81. The largest absolute Gasteiger partial charge is 0.357 e. The highest BCUT2D eigenvalue weighted by molar-refractivity contribution is 6.01. The Labute approximate surface area is 143 Å². The summed E-state index contributed by atoms with van der Waals surface area (Å²) in [7, 11) is 0. The average molecular weight is 345 g/mol. The molecule has 0 spiro atoms. The molecule has 7 heteroatoms. The van der Waals surface area contributed by atoms with Crippen LogP contribution in [0.2, 0.25) is 0 Å². The van der Waals surface area contributed by atoms with Crippen LogP contribution < -0.4 is 10.6 Å². The van der Waals surface area contributed by atoms with Gasteiger partial charge >= 0.3 is 0 Å². The van der Waals surface area contributed by atoms with Gasteiger partial charge in [0.15, 0.2) is 0 Å². The van der Waals surface area contributed by atoms with Crippen LogP contribution in [0.25, 0.3) is 17.1 Å². The third-order valence-corrected chi connectivity index (χ3v) is 3.81. The molecule has 122 valence electrons. The molecule has 5 nitrogen and oxygen atoms in total. The van der Waals surface area contributed by atoms with E-state index in [2.05, 4.69) is 20.6 Å². The van der Waals surface area contributed by atoms with Crippen molar-refractivity contribution in [2.24, 2.45) is 0 Å². The second-order valence-electron chi connectivity index (χ2n) is 5.30. The van der Waals surface area contributed by atoms with E-state index in [9.17, 15) is 9.18 Å². The van der Waals surface area contributed by atoms with Gasteiger partial charge in [-0.25, -0.2) is 9.37 Å². The van der Waals surface area contributed by atoms with Gasteiger partial charge in [-0.1, -0.05) is 12.1 Å². The van der Waals surface area contributed by atoms with Gasteiger partial charge in [-0.3, -0.25) is 4.79 Å². The van der Waals surface area contributed by atoms with E-state index in [1.54, 1.807) is 24.4 Å². The van der Waals surface area contributed by atoms with Gasteiger partial charge in [0.2, 0.25) is 0 Å². The Bertz CT molecular complexity index is 920. The normalized spacial score (nSPS) is 18.3. The number of rotatable bonds is 2. The third kappa shape index (κ3) is 2.83. The molecular formula is C17H14ClFN4O. The number of carbonyl (C=O) groups excluding carboxylic acids is 1. The minimum absolute atomic E-state index is 0. The molecule has 2 aromatic heterocycles. The number of nitrogens with one attached hydrogen (secondary N) is 3. The van der Waals surface area contributed by atoms with Crippen molar-refractivity contribution in [2.45, 2.75) is 6.17 Å². The zero-order valence-corrected chi connectivity index (χ0v) is 13.2. The van der Waals surface area contributed by atoms with Crippen molar-refractivity contribution in [3.05, 3.63) is 71.4 Å². The van der Waals surface area contributed by atoms with Crippen LogP contribution in [-0.2, 0) is 4.79 Å². The molecule has 3 aromatic rings. The van der Waals surface area contributed by atoms with Crippen molar-refractivity contribution in [3.8, 4) is 0 Å². The predicted molar refractivity (Wildman–Crippen MR) is 91.7 cm³/mol. The van der Waals surface area contributed by atoms with Crippen molar-refractivity contribution in [1.82, 2.24) is 20.6 Å². The molecule has 0 bridgehead atoms. The van der Waals surface area contributed by atoms with Gasteiger partial charge in [-0.15, -0.1) is 12.4 Å². The van der Waals surface area contributed by atoms with E-state index in [-0.39, 0.29) is 30.3 Å². The summed E-state index contributed by atoms with van der Waals surface area (Å²) in [5, 5.41) is 6.90. The topological polar surface area (TPSA) is 69.8 Å². The van der Waals surface area contributed by atoms with Crippen molar-refractivity contribution in [1.29, 1.82) is 0 Å². The maximum atomic E-state index is 13.0. The van der Waals surface area contributed by atoms with E-state index >= 15 is 0 Å². The summed E-state index contributed by atoms with van der Waals surface area (Å²) in [6, 6.07) is 9.82. The quantitative estimate of drug-likeness (QED) is 0.626. The van der Waals surface area contributed by atoms with Gasteiger partial charge in [0.1, 0.15) is 23.3 Å². The van der Waals surface area contributed by atoms with Crippen LogP contribution in [0.5, 0.6) is 0 Å². The highest BCUT2D eigenvalue weighted by atomic mass is 35.5. The Morgan fingerprint density at radius 2 is 1.92 bits per heavy atom. The zero-order chi connectivity index (χ0) is 15.8. The lowest BCUT2D eigenvalue weighted by Crippen LogP contribution is -2.22. The van der Waals surface area contributed by atoms with Gasteiger partial charge in [-0.2, -0.15) is 0 Å². The number of amides is 1. The minimum Gasteiger partial charge on any atom is -0.357 e. The van der Waals surface area contributed by atoms with Crippen LogP contribution in [0.4, 0.5) is 4.39 Å². The Balaban J connectivity index is 0.00000169. The van der Waals surface area contributed by atoms with Gasteiger partial charge < -0.3 is 15.6 Å². The first-order valence-corrected chi connectivity index (χ1v) is 7.17. The first-order valence-electron chi connectivity index (χ1n) is 7.17. The van der Waals surface area contributed by atoms with Crippen molar-refractivity contribution in [2.75, 3.05) is 0 Å². The maximum Gasteiger partial charge on any atom is 0.269 e. The van der Waals surface area contributed by atoms with Gasteiger partial charge in [0, 0.05) is 23.3 Å². The number of aromatic nitrogens is 2. The number of hydrogen-bond acceptors (Lipinski definition) is 3. The van der Waals surface area contributed by atoms with Crippen LogP contribution in [0, 0.1) is 5.82 Å². The van der Waals surface area contributed by atoms with E-state index in [0.29, 0.717) is 5.70 Å². The van der Waals surface area contributed by atoms with Gasteiger partial charge in [0.05, 0.1) is 0 Å². The van der Waals surface area contributed by atoms with E-state index in [1.165, 1.54) is 12.1 Å². The molecular weight excluding hydrogens is 331 g/mol. The molecule has 3 heterocycles. The highest BCUT2D eigenvalue weighted by Gasteiger charge is 2.26. The number of pyridine rings is 1. The molecule has 1 aliphatic rings. The highest BCUT2D eigenvalue weighted by Crippen LogP contribution is 2.22. The number of benzene rings is 1. The van der Waals surface area contributed by atoms with Crippen LogP contribution in [-0.4, -0.2) is 15.9 Å². The molecule has 1 amide bonds. The predicted octanol–water partition coefficient (Wildman–Crippen LogP) is 2.88. The molecule has 1 unspecified atom stereocenters. The summed E-state index contributed by atoms with van der Waals surface area (Å²) in [4.78, 5) is 19.4. The van der Waals surface area contributed by atoms with E-state index < -0.39 is 0 Å². The number of fused-ring (bicyclic) bond motifs is 1. The summed E-state index contributed by atoms with van der Waals surface area (Å²) in [6.45, 7) is 0. The smallest absolute Gasteiger partial charge is 0.269 e. The lowest BCUT2D eigenvalue weighted by Gasteiger charge is -2.10. The number of nitrogens with zero attached hydrogens (tertiary/aromatic N) is 1. The maximum absolute atomic E-state index is 13.0. The monoisotopic (exact) mass is 344 g/mol. The van der Waals surface area contributed by atoms with Crippen molar-refractivity contribution in [3.63, 3.8) is 0 Å². The zero-order valence-electron chi connectivity index (χ0n) is 12.4. The molecule has 0 saturated carbocycles. The molecule has 1 aliphatic heterocycles. The van der Waals surface area contributed by atoms with Crippen LogP contribution in [0.3, 0.4) is 0 Å². The number of hydrogen-bond donors (Lipinski definition) is 3. The number of aromatic amines is 1. The Morgan fingerprint density at radius 1 is 1.12 bits per heavy atom. The molecule has 24 heavy (non-hydrogen) atoms. The van der Waals surface area contributed by atoms with E-state index in [4.69, 9.17) is 0 Å². The van der Waals surface area contributed by atoms with Gasteiger partial charge in [-0.05, 0) is 35.9 Å². The lowest BCUT2D eigenvalue weighted by molar-refractivity contribution is -0.116. The number of H-pyrrole nitrogens is 1. The second-order valence-corrected chi connectivity index (χ2v) is 5.30. The molecule has 1 fully saturated rings. The molecule has 1 saturated heterocycles. The summed E-state index contributed by atoms with van der Waals surface area (Å²) in [5.74, 6) is -0.502. The van der Waals surface area contributed by atoms with Crippen LogP contribution in [0.1, 0.15) is 17.3 Å². The van der Waals surface area contributed by atoms with Crippen LogP contribution >= 0.6 is 12.4 Å². The van der Waals surface area contributed by atoms with Gasteiger partial charge in [0.25, 0.3) is 5.91 Å². The van der Waals surface area contributed by atoms with Crippen molar-refractivity contribution >= 4 is 35.4 Å². The first kappa shape index (κ1) is 16.0. The van der Waals surface area contributed by atoms with Crippen molar-refractivity contribution < 1.29 is 9.18 Å². The summed E-state index contributed by atoms with van der Waals surface area (Å²) in [6.07, 6.45) is 4.93. The fraction of sp³-hybridized carbons (Fsp3) is 0.0588. The standard InChI is InChI=1S/C17H13FN4O.ClH/c18-12-5-3-10(4-6-12)15-21-14(17(23)22-15)8-11-9-20-16-13(11)2-1-7-19-16;/h1-9,15,21H,(H,19,20)(H,22,23);1H/b14-8-;. The SMILES string of the molecule is Cl.O=C1NC(c2ccc(F)cc2)N/C1=C\c1c[nH]c2ncccc12. The molecule has 3 N–H and O–H groups in total. The minimum atomic E-state index is -0.363. The summed E-state index contributed by atoms with van der Waals surface area (Å²) < 4.78 is 13.0.